The zero-order valence-corrected chi connectivity index (χ0v) is 23.5. The summed E-state index contributed by atoms with van der Waals surface area (Å²) < 4.78 is 7.25. The first-order chi connectivity index (χ1) is 18.8. The van der Waals surface area contributed by atoms with Gasteiger partial charge in [0.2, 0.25) is 5.91 Å². The molecule has 1 aliphatic heterocycles. The summed E-state index contributed by atoms with van der Waals surface area (Å²) in [6.07, 6.45) is -0.0446. The number of cyclic esters (lactones) is 1. The van der Waals surface area contributed by atoms with Crippen LogP contribution >= 0.6 is 11.6 Å². The minimum absolute atomic E-state index is 0.183. The molecule has 0 spiro atoms. The molecule has 7 nitrogen and oxygen atoms in total. The van der Waals surface area contributed by atoms with E-state index in [1.807, 2.05) is 74.8 Å². The Morgan fingerprint density at radius 2 is 1.90 bits per heavy atom. The molecule has 0 bridgehead atoms. The van der Waals surface area contributed by atoms with E-state index in [2.05, 4.69) is 28.5 Å². The topological polar surface area (TPSA) is 77.3 Å². The molecule has 5 rings (SSSR count). The lowest BCUT2D eigenvalue weighted by Gasteiger charge is -2.30. The molecule has 8 heteroatoms. The summed E-state index contributed by atoms with van der Waals surface area (Å²) in [5.74, 6) is -0.776. The third-order valence-corrected chi connectivity index (χ3v) is 8.18. The number of fused-ring (bicyclic) bond motifs is 1. The van der Waals surface area contributed by atoms with E-state index in [0.29, 0.717) is 18.8 Å². The van der Waals surface area contributed by atoms with E-state index in [0.717, 1.165) is 44.4 Å². The number of carbonyl (C=O) groups is 2. The summed E-state index contributed by atoms with van der Waals surface area (Å²) in [6.45, 7) is 8.87. The number of hydrogen-bond donors (Lipinski definition) is 0. The Hall–Kier alpha value is -3.71. The second-order valence-electron chi connectivity index (χ2n) is 10.3. The Morgan fingerprint density at radius 1 is 1.13 bits per heavy atom. The molecule has 2 amide bonds. The highest BCUT2D eigenvalue weighted by Gasteiger charge is 2.42. The Balaban J connectivity index is 1.57. The summed E-state index contributed by atoms with van der Waals surface area (Å²) in [5, 5.41) is 8.75. The number of ether oxygens (including phenoxy) is 1. The number of amides is 2. The SMILES string of the molecule is CCn1nnc2c(C)c(C(c3ccc(C)c(CCl)c3)C(C)C(=O)N3C(=O)OC[C@@H]3Cc3ccccc3)ccc21. The number of imide groups is 1. The zero-order valence-electron chi connectivity index (χ0n) is 22.7. The van der Waals surface area contributed by atoms with Crippen molar-refractivity contribution in [3.8, 4) is 0 Å². The average Bonchev–Trinajstić information content (AvgIpc) is 3.54. The van der Waals surface area contributed by atoms with Gasteiger partial charge in [0.25, 0.3) is 0 Å². The fourth-order valence-corrected chi connectivity index (χ4v) is 5.94. The zero-order chi connectivity index (χ0) is 27.7. The predicted octanol–water partition coefficient (Wildman–Crippen LogP) is 6.16. The molecule has 1 aromatic heterocycles. The van der Waals surface area contributed by atoms with E-state index in [1.165, 1.54) is 4.90 Å². The summed E-state index contributed by atoms with van der Waals surface area (Å²) in [5.41, 5.74) is 7.83. The number of carbonyl (C=O) groups excluding carboxylic acids is 2. The van der Waals surface area contributed by atoms with Gasteiger partial charge in [-0.2, -0.15) is 0 Å². The lowest BCUT2D eigenvalue weighted by molar-refractivity contribution is -0.133. The number of aromatic nitrogens is 3. The molecule has 0 radical (unpaired) electrons. The second-order valence-corrected chi connectivity index (χ2v) is 10.5. The van der Waals surface area contributed by atoms with Crippen LogP contribution in [0.25, 0.3) is 11.0 Å². The predicted molar refractivity (Wildman–Crippen MR) is 152 cm³/mol. The number of benzene rings is 3. The normalized spacial score (nSPS) is 16.9. The number of hydrogen-bond acceptors (Lipinski definition) is 5. The van der Waals surface area contributed by atoms with Gasteiger partial charge in [-0.15, -0.1) is 16.7 Å². The highest BCUT2D eigenvalue weighted by atomic mass is 35.5. The third kappa shape index (κ3) is 5.03. The van der Waals surface area contributed by atoms with Crippen LogP contribution in [0.5, 0.6) is 0 Å². The van der Waals surface area contributed by atoms with E-state index in [9.17, 15) is 9.59 Å². The van der Waals surface area contributed by atoms with E-state index >= 15 is 0 Å². The van der Waals surface area contributed by atoms with Crippen molar-refractivity contribution in [2.45, 2.75) is 58.5 Å². The van der Waals surface area contributed by atoms with Crippen LogP contribution in [0.2, 0.25) is 0 Å². The molecule has 202 valence electrons. The number of alkyl halides is 1. The molecule has 2 unspecified atom stereocenters. The maximum Gasteiger partial charge on any atom is 0.416 e. The van der Waals surface area contributed by atoms with Gasteiger partial charge >= 0.3 is 6.09 Å². The van der Waals surface area contributed by atoms with Crippen molar-refractivity contribution in [3.05, 3.63) is 94.0 Å². The molecule has 2 heterocycles. The molecule has 3 aromatic carbocycles. The molecule has 3 atom stereocenters. The van der Waals surface area contributed by atoms with E-state index < -0.39 is 12.0 Å². The second kappa shape index (κ2) is 11.2. The van der Waals surface area contributed by atoms with Gasteiger partial charge in [0.1, 0.15) is 12.1 Å². The van der Waals surface area contributed by atoms with Gasteiger partial charge in [0, 0.05) is 24.3 Å². The molecule has 39 heavy (non-hydrogen) atoms. The number of rotatable bonds is 8. The van der Waals surface area contributed by atoms with Crippen LogP contribution in [-0.4, -0.2) is 44.5 Å². The van der Waals surface area contributed by atoms with E-state index in [-0.39, 0.29) is 24.5 Å². The molecule has 0 N–H and O–H groups in total. The Morgan fingerprint density at radius 3 is 2.62 bits per heavy atom. The summed E-state index contributed by atoms with van der Waals surface area (Å²) in [4.78, 5) is 28.4. The molecular weight excluding hydrogens is 512 g/mol. The lowest BCUT2D eigenvalue weighted by Crippen LogP contribution is -2.44. The molecule has 1 aliphatic rings. The summed E-state index contributed by atoms with van der Waals surface area (Å²) >= 11 is 6.29. The molecular formula is C31H33ClN4O3. The van der Waals surface area contributed by atoms with Crippen molar-refractivity contribution in [2.75, 3.05) is 6.61 Å². The van der Waals surface area contributed by atoms with Crippen LogP contribution in [0.15, 0.2) is 60.7 Å². The third-order valence-electron chi connectivity index (χ3n) is 7.90. The minimum Gasteiger partial charge on any atom is -0.447 e. The van der Waals surface area contributed by atoms with Crippen molar-refractivity contribution >= 4 is 34.6 Å². The quantitative estimate of drug-likeness (QED) is 0.248. The molecule has 1 saturated heterocycles. The van der Waals surface area contributed by atoms with Gasteiger partial charge in [-0.05, 0) is 66.6 Å². The first kappa shape index (κ1) is 26.9. The van der Waals surface area contributed by atoms with Crippen molar-refractivity contribution in [1.82, 2.24) is 19.9 Å². The van der Waals surface area contributed by atoms with E-state index in [1.54, 1.807) is 0 Å². The smallest absolute Gasteiger partial charge is 0.416 e. The Labute approximate surface area is 233 Å². The highest BCUT2D eigenvalue weighted by molar-refractivity contribution is 6.17. The molecule has 0 aliphatic carbocycles. The standard InChI is InChI=1S/C31H33ClN4O3/c1-5-35-27-14-13-26(20(3)29(27)33-34-35)28(23-12-11-19(2)24(16-23)17-32)21(4)30(37)36-25(18-39-31(36)38)15-22-9-7-6-8-10-22/h6-14,16,21,25,28H,5,15,17-18H2,1-4H3/t21?,25-,28?/m0/s1. The van der Waals surface area contributed by atoms with Crippen molar-refractivity contribution in [3.63, 3.8) is 0 Å². The number of aryl methyl sites for hydroxylation is 3. The van der Waals surface area contributed by atoms with Crippen molar-refractivity contribution in [2.24, 2.45) is 5.92 Å². The van der Waals surface area contributed by atoms with Gasteiger partial charge in [-0.25, -0.2) is 14.4 Å². The van der Waals surface area contributed by atoms with Gasteiger partial charge in [0.05, 0.1) is 11.6 Å². The average molecular weight is 545 g/mol. The molecule has 0 saturated carbocycles. The van der Waals surface area contributed by atoms with Crippen LogP contribution in [0.1, 0.15) is 53.1 Å². The van der Waals surface area contributed by atoms with Gasteiger partial charge < -0.3 is 4.74 Å². The summed E-state index contributed by atoms with van der Waals surface area (Å²) in [7, 11) is 0. The van der Waals surface area contributed by atoms with Crippen molar-refractivity contribution in [1.29, 1.82) is 0 Å². The maximum absolute atomic E-state index is 14.2. The maximum atomic E-state index is 14.2. The largest absolute Gasteiger partial charge is 0.447 e. The van der Waals surface area contributed by atoms with Crippen LogP contribution < -0.4 is 0 Å². The van der Waals surface area contributed by atoms with Crippen molar-refractivity contribution < 1.29 is 14.3 Å². The van der Waals surface area contributed by atoms with Crippen LogP contribution in [0.3, 0.4) is 0 Å². The molecule has 4 aromatic rings. The van der Waals surface area contributed by atoms with Crippen LogP contribution in [0, 0.1) is 19.8 Å². The fraction of sp³-hybridized carbons (Fsp3) is 0.355. The monoisotopic (exact) mass is 544 g/mol. The highest BCUT2D eigenvalue weighted by Crippen LogP contribution is 2.39. The summed E-state index contributed by atoms with van der Waals surface area (Å²) in [6, 6.07) is 19.7. The molecule has 1 fully saturated rings. The van der Waals surface area contributed by atoms with Crippen LogP contribution in [-0.2, 0) is 28.4 Å². The van der Waals surface area contributed by atoms with E-state index in [4.69, 9.17) is 16.3 Å². The minimum atomic E-state index is -0.588. The van der Waals surface area contributed by atoms with Gasteiger partial charge in [-0.3, -0.25) is 4.79 Å². The first-order valence-electron chi connectivity index (χ1n) is 13.4. The number of halogens is 1. The van der Waals surface area contributed by atoms with Gasteiger partial charge in [0.15, 0.2) is 0 Å². The van der Waals surface area contributed by atoms with Crippen LogP contribution in [0.4, 0.5) is 4.79 Å². The number of nitrogens with zero attached hydrogens (tertiary/aromatic N) is 4. The lowest BCUT2D eigenvalue weighted by atomic mass is 9.78. The van der Waals surface area contributed by atoms with Gasteiger partial charge in [-0.1, -0.05) is 66.7 Å². The Kier molecular flexibility index (Phi) is 7.71. The first-order valence-corrected chi connectivity index (χ1v) is 13.9. The fourth-order valence-electron chi connectivity index (χ4n) is 5.65. The Bertz CT molecular complexity index is 1520.